The van der Waals surface area contributed by atoms with Crippen molar-refractivity contribution in [3.8, 4) is 5.75 Å². The van der Waals surface area contributed by atoms with Crippen LogP contribution in [0.25, 0.3) is 11.1 Å². The number of hydrogen-bond acceptors (Lipinski definition) is 4. The SMILES string of the molecule is COc1cccc(C2CCCN2Cn2c(=O)oc3ccc(Cl)cc32)c1. The second kappa shape index (κ2) is 6.58. The standard InChI is InChI=1S/C19H19ClN2O3/c1-24-15-5-2-4-13(10-15)16-6-3-9-21(16)12-22-17-11-14(20)7-8-18(17)25-19(22)23/h2,4-5,7-8,10-11,16H,3,6,9,12H2,1H3. The van der Waals surface area contributed by atoms with Crippen LogP contribution in [0.1, 0.15) is 24.4 Å². The molecule has 4 rings (SSSR count). The molecule has 0 N–H and O–H groups in total. The van der Waals surface area contributed by atoms with Crippen molar-refractivity contribution in [3.05, 3.63) is 63.6 Å². The van der Waals surface area contributed by atoms with E-state index >= 15 is 0 Å². The quantitative estimate of drug-likeness (QED) is 0.706. The molecule has 0 spiro atoms. The molecule has 1 aromatic heterocycles. The number of oxazole rings is 1. The van der Waals surface area contributed by atoms with Crippen molar-refractivity contribution in [3.63, 3.8) is 0 Å². The molecule has 0 amide bonds. The average molecular weight is 359 g/mol. The molecule has 3 aromatic rings. The highest BCUT2D eigenvalue weighted by atomic mass is 35.5. The predicted molar refractivity (Wildman–Crippen MR) is 97.2 cm³/mol. The normalized spacial score (nSPS) is 18.1. The second-order valence-corrected chi connectivity index (χ2v) is 6.73. The summed E-state index contributed by atoms with van der Waals surface area (Å²) in [7, 11) is 1.67. The predicted octanol–water partition coefficient (Wildman–Crippen LogP) is 4.05. The third-order valence-corrected chi connectivity index (χ3v) is 5.03. The van der Waals surface area contributed by atoms with Crippen LogP contribution in [0.15, 0.2) is 51.7 Å². The molecule has 1 saturated heterocycles. The first-order valence-corrected chi connectivity index (χ1v) is 8.70. The molecule has 1 fully saturated rings. The number of nitrogens with zero attached hydrogens (tertiary/aromatic N) is 2. The van der Waals surface area contributed by atoms with E-state index < -0.39 is 0 Å². The van der Waals surface area contributed by atoms with Gasteiger partial charge in [-0.05, 0) is 48.7 Å². The summed E-state index contributed by atoms with van der Waals surface area (Å²) in [5.41, 5.74) is 2.50. The molecule has 6 heteroatoms. The first-order valence-electron chi connectivity index (χ1n) is 8.32. The van der Waals surface area contributed by atoms with Gasteiger partial charge in [-0.3, -0.25) is 9.47 Å². The largest absolute Gasteiger partial charge is 0.497 e. The minimum absolute atomic E-state index is 0.256. The van der Waals surface area contributed by atoms with Gasteiger partial charge in [0, 0.05) is 17.6 Å². The zero-order valence-corrected chi connectivity index (χ0v) is 14.7. The van der Waals surface area contributed by atoms with Crippen LogP contribution in [-0.4, -0.2) is 23.1 Å². The van der Waals surface area contributed by atoms with Crippen LogP contribution in [0.5, 0.6) is 5.75 Å². The Morgan fingerprint density at radius 1 is 1.28 bits per heavy atom. The Morgan fingerprint density at radius 3 is 3.00 bits per heavy atom. The summed E-state index contributed by atoms with van der Waals surface area (Å²) in [6.07, 6.45) is 2.14. The molecule has 25 heavy (non-hydrogen) atoms. The van der Waals surface area contributed by atoms with Crippen molar-refractivity contribution in [2.45, 2.75) is 25.6 Å². The summed E-state index contributed by atoms with van der Waals surface area (Å²) >= 11 is 6.09. The van der Waals surface area contributed by atoms with E-state index in [0.29, 0.717) is 17.3 Å². The van der Waals surface area contributed by atoms with Crippen molar-refractivity contribution in [2.75, 3.05) is 13.7 Å². The Bertz CT molecular complexity index is 963. The summed E-state index contributed by atoms with van der Waals surface area (Å²) in [4.78, 5) is 14.6. The first-order chi connectivity index (χ1) is 12.2. The van der Waals surface area contributed by atoms with E-state index in [1.807, 2.05) is 12.1 Å². The monoisotopic (exact) mass is 358 g/mol. The van der Waals surface area contributed by atoms with Crippen LogP contribution >= 0.6 is 11.6 Å². The number of halogens is 1. The number of methoxy groups -OCH3 is 1. The molecule has 5 nitrogen and oxygen atoms in total. The summed E-state index contributed by atoms with van der Waals surface area (Å²) in [5.74, 6) is 0.496. The van der Waals surface area contributed by atoms with Gasteiger partial charge in [-0.2, -0.15) is 0 Å². The lowest BCUT2D eigenvalue weighted by molar-refractivity contribution is 0.198. The minimum Gasteiger partial charge on any atom is -0.497 e. The van der Waals surface area contributed by atoms with Crippen LogP contribution in [-0.2, 0) is 6.67 Å². The van der Waals surface area contributed by atoms with Gasteiger partial charge in [0.25, 0.3) is 0 Å². The van der Waals surface area contributed by atoms with E-state index in [1.54, 1.807) is 29.9 Å². The van der Waals surface area contributed by atoms with Crippen LogP contribution in [0, 0.1) is 0 Å². The number of hydrogen-bond donors (Lipinski definition) is 0. The minimum atomic E-state index is -0.353. The number of ether oxygens (including phenoxy) is 1. The summed E-state index contributed by atoms with van der Waals surface area (Å²) < 4.78 is 12.3. The van der Waals surface area contributed by atoms with Crippen molar-refractivity contribution in [2.24, 2.45) is 0 Å². The highest BCUT2D eigenvalue weighted by Gasteiger charge is 2.27. The number of likely N-dealkylation sites (tertiary alicyclic amines) is 1. The van der Waals surface area contributed by atoms with Crippen LogP contribution < -0.4 is 10.5 Å². The lowest BCUT2D eigenvalue weighted by Gasteiger charge is -2.25. The van der Waals surface area contributed by atoms with E-state index in [-0.39, 0.29) is 11.8 Å². The third kappa shape index (κ3) is 3.05. The Morgan fingerprint density at radius 2 is 2.16 bits per heavy atom. The Hall–Kier alpha value is -2.24. The van der Waals surface area contributed by atoms with Gasteiger partial charge < -0.3 is 9.15 Å². The summed E-state index contributed by atoms with van der Waals surface area (Å²) in [5, 5.41) is 0.591. The number of fused-ring (bicyclic) bond motifs is 1. The molecule has 0 radical (unpaired) electrons. The molecule has 2 aromatic carbocycles. The number of rotatable bonds is 4. The molecular formula is C19H19ClN2O3. The lowest BCUT2D eigenvalue weighted by Crippen LogP contribution is -2.30. The molecule has 1 aliphatic heterocycles. The molecule has 1 aliphatic rings. The smallest absolute Gasteiger partial charge is 0.421 e. The fraction of sp³-hybridized carbons (Fsp3) is 0.316. The maximum absolute atomic E-state index is 12.3. The summed E-state index contributed by atoms with van der Waals surface area (Å²) in [6, 6.07) is 13.6. The Balaban J connectivity index is 1.67. The Kier molecular flexibility index (Phi) is 4.27. The first kappa shape index (κ1) is 16.2. The molecule has 0 aliphatic carbocycles. The van der Waals surface area contributed by atoms with Crippen LogP contribution in [0.2, 0.25) is 5.02 Å². The molecule has 0 saturated carbocycles. The third-order valence-electron chi connectivity index (χ3n) is 4.79. The van der Waals surface area contributed by atoms with Gasteiger partial charge in [0.05, 0.1) is 19.3 Å². The zero-order valence-electron chi connectivity index (χ0n) is 13.9. The average Bonchev–Trinajstić information content (AvgIpc) is 3.20. The van der Waals surface area contributed by atoms with Crippen LogP contribution in [0.4, 0.5) is 0 Å². The molecule has 2 heterocycles. The topological polar surface area (TPSA) is 47.6 Å². The maximum atomic E-state index is 12.3. The zero-order chi connectivity index (χ0) is 17.4. The Labute approximate surface area is 150 Å². The number of benzene rings is 2. The van der Waals surface area contributed by atoms with Crippen molar-refractivity contribution in [1.82, 2.24) is 9.47 Å². The molecule has 0 bridgehead atoms. The molecule has 130 valence electrons. The van der Waals surface area contributed by atoms with Crippen molar-refractivity contribution in [1.29, 1.82) is 0 Å². The van der Waals surface area contributed by atoms with E-state index in [9.17, 15) is 4.79 Å². The van der Waals surface area contributed by atoms with Gasteiger partial charge in [0.15, 0.2) is 5.58 Å². The van der Waals surface area contributed by atoms with Gasteiger partial charge in [-0.15, -0.1) is 0 Å². The van der Waals surface area contributed by atoms with Gasteiger partial charge in [-0.25, -0.2) is 4.79 Å². The van der Waals surface area contributed by atoms with Crippen LogP contribution in [0.3, 0.4) is 0 Å². The van der Waals surface area contributed by atoms with Gasteiger partial charge in [0.1, 0.15) is 5.75 Å². The lowest BCUT2D eigenvalue weighted by atomic mass is 10.0. The van der Waals surface area contributed by atoms with Gasteiger partial charge in [0.2, 0.25) is 0 Å². The van der Waals surface area contributed by atoms with E-state index in [4.69, 9.17) is 20.8 Å². The van der Waals surface area contributed by atoms with Crippen molar-refractivity contribution < 1.29 is 9.15 Å². The number of aromatic nitrogens is 1. The van der Waals surface area contributed by atoms with Crippen molar-refractivity contribution >= 4 is 22.7 Å². The van der Waals surface area contributed by atoms with E-state index in [0.717, 1.165) is 30.7 Å². The highest BCUT2D eigenvalue weighted by molar-refractivity contribution is 6.31. The van der Waals surface area contributed by atoms with E-state index in [2.05, 4.69) is 17.0 Å². The second-order valence-electron chi connectivity index (χ2n) is 6.30. The molecule has 1 atom stereocenters. The fourth-order valence-electron chi connectivity index (χ4n) is 3.57. The fourth-order valence-corrected chi connectivity index (χ4v) is 3.74. The highest BCUT2D eigenvalue weighted by Crippen LogP contribution is 2.34. The van der Waals surface area contributed by atoms with Gasteiger partial charge in [-0.1, -0.05) is 23.7 Å². The molecule has 1 unspecified atom stereocenters. The maximum Gasteiger partial charge on any atom is 0.421 e. The summed E-state index contributed by atoms with van der Waals surface area (Å²) in [6.45, 7) is 1.41. The van der Waals surface area contributed by atoms with E-state index in [1.165, 1.54) is 5.56 Å². The molecular weight excluding hydrogens is 340 g/mol. The van der Waals surface area contributed by atoms with Gasteiger partial charge >= 0.3 is 5.76 Å².